The molecule has 0 aliphatic rings. The lowest BCUT2D eigenvalue weighted by Crippen LogP contribution is -2.42. The third-order valence-electron chi connectivity index (χ3n) is 3.79. The van der Waals surface area contributed by atoms with Gasteiger partial charge in [-0.15, -0.1) is 0 Å². The number of para-hydroxylation sites is 1. The van der Waals surface area contributed by atoms with E-state index in [4.69, 9.17) is 4.74 Å². The standard InChI is InChI=1S/C21H21N3O4S/c1-21(2,3)28-20(27)24(13-14-9-5-4-6-10-14)19(26)23-18-22-16-12-8-7-11-15(16)17(25)29-18/h4-12H,13H2,1-3H3,(H,22,23,26). The number of aromatic nitrogens is 1. The van der Waals surface area contributed by atoms with Gasteiger partial charge in [0.05, 0.1) is 17.4 Å². The van der Waals surface area contributed by atoms with Crippen LogP contribution in [0.3, 0.4) is 0 Å². The molecule has 0 atom stereocenters. The van der Waals surface area contributed by atoms with Gasteiger partial charge in [-0.25, -0.2) is 19.5 Å². The molecule has 2 aromatic carbocycles. The maximum Gasteiger partial charge on any atom is 0.418 e. The molecule has 0 saturated heterocycles. The van der Waals surface area contributed by atoms with Crippen molar-refractivity contribution in [2.24, 2.45) is 0 Å². The van der Waals surface area contributed by atoms with Crippen molar-refractivity contribution < 1.29 is 14.3 Å². The van der Waals surface area contributed by atoms with E-state index in [9.17, 15) is 14.4 Å². The van der Waals surface area contributed by atoms with Gasteiger partial charge in [0, 0.05) is 0 Å². The first-order chi connectivity index (χ1) is 13.7. The van der Waals surface area contributed by atoms with Crippen molar-refractivity contribution in [3.05, 3.63) is 69.7 Å². The Balaban J connectivity index is 1.87. The number of rotatable bonds is 3. The van der Waals surface area contributed by atoms with Gasteiger partial charge in [0.25, 0.3) is 0 Å². The largest absolute Gasteiger partial charge is 0.443 e. The third-order valence-corrected chi connectivity index (χ3v) is 4.58. The lowest BCUT2D eigenvalue weighted by atomic mass is 10.2. The summed E-state index contributed by atoms with van der Waals surface area (Å²) in [5, 5.41) is 3.14. The highest BCUT2D eigenvalue weighted by Crippen LogP contribution is 2.17. The fourth-order valence-corrected chi connectivity index (χ4v) is 3.27. The van der Waals surface area contributed by atoms with Crippen LogP contribution in [0, 0.1) is 0 Å². The van der Waals surface area contributed by atoms with Crippen molar-refractivity contribution in [2.75, 3.05) is 5.32 Å². The molecule has 29 heavy (non-hydrogen) atoms. The molecule has 0 aliphatic carbocycles. The molecule has 3 amide bonds. The molecule has 150 valence electrons. The number of amides is 3. The number of carbonyl (C=O) groups excluding carboxylic acids is 2. The number of nitrogens with one attached hydrogen (secondary N) is 1. The molecule has 1 N–H and O–H groups in total. The van der Waals surface area contributed by atoms with Gasteiger partial charge in [0.15, 0.2) is 5.13 Å². The summed E-state index contributed by atoms with van der Waals surface area (Å²) < 4.78 is 5.15. The summed E-state index contributed by atoms with van der Waals surface area (Å²) in [6.07, 6.45) is -0.785. The molecule has 7 nitrogen and oxygen atoms in total. The molecule has 3 aromatic rings. The average molecular weight is 411 g/mol. The minimum Gasteiger partial charge on any atom is -0.443 e. The van der Waals surface area contributed by atoms with E-state index in [2.05, 4.69) is 10.3 Å². The highest BCUT2D eigenvalue weighted by molar-refractivity contribution is 7.13. The second-order valence-corrected chi connectivity index (χ2v) is 8.27. The molecule has 1 aromatic heterocycles. The molecule has 0 bridgehead atoms. The fourth-order valence-electron chi connectivity index (χ4n) is 2.53. The molecule has 0 spiro atoms. The number of ether oxygens (including phenoxy) is 1. The van der Waals surface area contributed by atoms with Crippen molar-refractivity contribution in [2.45, 2.75) is 32.9 Å². The minimum absolute atomic E-state index is 0.0179. The third kappa shape index (κ3) is 5.39. The number of urea groups is 1. The molecule has 8 heteroatoms. The van der Waals surface area contributed by atoms with Gasteiger partial charge >= 0.3 is 12.1 Å². The second kappa shape index (κ2) is 8.40. The Labute approximate surface area is 172 Å². The number of carbonyl (C=O) groups is 2. The summed E-state index contributed by atoms with van der Waals surface area (Å²) >= 11 is 0.806. The summed E-state index contributed by atoms with van der Waals surface area (Å²) in [4.78, 5) is 43.1. The first-order valence-corrected chi connectivity index (χ1v) is 9.80. The quantitative estimate of drug-likeness (QED) is 0.679. The number of fused-ring (bicyclic) bond motifs is 1. The zero-order chi connectivity index (χ0) is 21.0. The van der Waals surface area contributed by atoms with Crippen molar-refractivity contribution in [1.82, 2.24) is 9.88 Å². The van der Waals surface area contributed by atoms with Crippen LogP contribution >= 0.6 is 11.3 Å². The van der Waals surface area contributed by atoms with E-state index < -0.39 is 17.7 Å². The number of imide groups is 1. The van der Waals surface area contributed by atoms with Crippen LogP contribution < -0.4 is 10.1 Å². The van der Waals surface area contributed by atoms with Crippen molar-refractivity contribution in [1.29, 1.82) is 0 Å². The number of benzene rings is 2. The van der Waals surface area contributed by atoms with Crippen LogP contribution in [0.1, 0.15) is 26.3 Å². The normalized spacial score (nSPS) is 11.1. The van der Waals surface area contributed by atoms with Gasteiger partial charge < -0.3 is 4.74 Å². The van der Waals surface area contributed by atoms with Gasteiger partial charge in [0.2, 0.25) is 4.74 Å². The van der Waals surface area contributed by atoms with Gasteiger partial charge in [-0.05, 0) is 38.5 Å². The monoisotopic (exact) mass is 411 g/mol. The molecule has 0 unspecified atom stereocenters. The summed E-state index contributed by atoms with van der Waals surface area (Å²) in [5.41, 5.74) is 0.463. The molecule has 1 heterocycles. The van der Waals surface area contributed by atoms with E-state index in [0.29, 0.717) is 10.9 Å². The van der Waals surface area contributed by atoms with Crippen LogP contribution in [0.25, 0.3) is 10.9 Å². The smallest absolute Gasteiger partial charge is 0.418 e. The highest BCUT2D eigenvalue weighted by atomic mass is 32.1. The lowest BCUT2D eigenvalue weighted by Gasteiger charge is -2.26. The maximum atomic E-state index is 12.9. The van der Waals surface area contributed by atoms with E-state index in [-0.39, 0.29) is 16.4 Å². The molecule has 0 radical (unpaired) electrons. The van der Waals surface area contributed by atoms with Gasteiger partial charge in [-0.1, -0.05) is 53.8 Å². The summed E-state index contributed by atoms with van der Waals surface area (Å²) in [6.45, 7) is 5.19. The molecular formula is C21H21N3O4S. The molecule has 0 fully saturated rings. The molecule has 0 aliphatic heterocycles. The zero-order valence-corrected chi connectivity index (χ0v) is 17.2. The Morgan fingerprint density at radius 2 is 1.72 bits per heavy atom. The summed E-state index contributed by atoms with van der Waals surface area (Å²) in [7, 11) is 0. The molecular weight excluding hydrogens is 390 g/mol. The maximum absolute atomic E-state index is 12.9. The fraction of sp³-hybridized carbons (Fsp3) is 0.238. The van der Waals surface area contributed by atoms with Crippen molar-refractivity contribution in [3.63, 3.8) is 0 Å². The number of hydrogen-bond acceptors (Lipinski definition) is 6. The first-order valence-electron chi connectivity index (χ1n) is 8.98. The minimum atomic E-state index is -0.785. The first kappa shape index (κ1) is 20.5. The Morgan fingerprint density at radius 1 is 1.07 bits per heavy atom. The van der Waals surface area contributed by atoms with Crippen LogP contribution in [0.4, 0.5) is 14.7 Å². The van der Waals surface area contributed by atoms with Crippen molar-refractivity contribution >= 4 is 39.5 Å². The van der Waals surface area contributed by atoms with Gasteiger partial charge in [-0.2, -0.15) is 0 Å². The predicted octanol–water partition coefficient (Wildman–Crippen LogP) is 4.63. The van der Waals surface area contributed by atoms with E-state index in [1.54, 1.807) is 57.2 Å². The number of hydrogen-bond donors (Lipinski definition) is 1. The van der Waals surface area contributed by atoms with Gasteiger partial charge in [-0.3, -0.25) is 10.1 Å². The highest BCUT2D eigenvalue weighted by Gasteiger charge is 2.28. The van der Waals surface area contributed by atoms with Gasteiger partial charge in [0.1, 0.15) is 5.60 Å². The Bertz CT molecular complexity index is 1090. The topological polar surface area (TPSA) is 88.6 Å². The van der Waals surface area contributed by atoms with E-state index >= 15 is 0 Å². The lowest BCUT2D eigenvalue weighted by molar-refractivity contribution is 0.0320. The number of anilines is 1. The van der Waals surface area contributed by atoms with Crippen molar-refractivity contribution in [3.8, 4) is 0 Å². The second-order valence-electron chi connectivity index (χ2n) is 7.31. The Morgan fingerprint density at radius 3 is 2.41 bits per heavy atom. The molecule has 3 rings (SSSR count). The number of nitrogens with zero attached hydrogens (tertiary/aromatic N) is 2. The SMILES string of the molecule is CC(C)(C)OC(=O)N(Cc1ccccc1)C(=O)Nc1nc2ccccc2c(=O)s1. The zero-order valence-electron chi connectivity index (χ0n) is 16.3. The molecule has 0 saturated carbocycles. The van der Waals surface area contributed by atoms with E-state index in [0.717, 1.165) is 21.8 Å². The van der Waals surface area contributed by atoms with Crippen LogP contribution in [0.2, 0.25) is 0 Å². The van der Waals surface area contributed by atoms with Crippen LogP contribution in [-0.4, -0.2) is 27.6 Å². The summed E-state index contributed by atoms with van der Waals surface area (Å²) in [6, 6.07) is 15.2. The Hall–Kier alpha value is -3.26. The Kier molecular flexibility index (Phi) is 5.93. The van der Waals surface area contributed by atoms with Crippen LogP contribution in [0.15, 0.2) is 59.4 Å². The van der Waals surface area contributed by atoms with Crippen LogP contribution in [-0.2, 0) is 11.3 Å². The predicted molar refractivity (Wildman–Crippen MR) is 113 cm³/mol. The van der Waals surface area contributed by atoms with E-state index in [1.165, 1.54) is 0 Å². The summed E-state index contributed by atoms with van der Waals surface area (Å²) in [5.74, 6) is 0. The van der Waals surface area contributed by atoms with Crippen LogP contribution in [0.5, 0.6) is 0 Å². The van der Waals surface area contributed by atoms with E-state index in [1.807, 2.05) is 18.2 Å². The average Bonchev–Trinajstić information content (AvgIpc) is 2.65.